The Morgan fingerprint density at radius 1 is 1.16 bits per heavy atom. The molecule has 0 spiro atoms. The summed E-state index contributed by atoms with van der Waals surface area (Å²) in [5, 5.41) is 17.9. The topological polar surface area (TPSA) is 170 Å². The number of aromatic amines is 2. The van der Waals surface area contributed by atoms with Gasteiger partial charge in [-0.3, -0.25) is 28.7 Å². The Morgan fingerprint density at radius 2 is 1.90 bits per heavy atom. The molecular formula is C17H18BrN7O6. The predicted octanol–water partition coefficient (Wildman–Crippen LogP) is -1.38. The largest absolute Gasteiger partial charge is 0.394 e. The summed E-state index contributed by atoms with van der Waals surface area (Å²) in [6.07, 6.45) is 3.29. The molecule has 3 N–H and O–H groups in total. The van der Waals surface area contributed by atoms with Gasteiger partial charge in [0.25, 0.3) is 11.1 Å². The third-order valence-corrected chi connectivity index (χ3v) is 5.60. The van der Waals surface area contributed by atoms with Crippen LogP contribution in [0.25, 0.3) is 0 Å². The molecule has 0 amide bonds. The molecule has 4 heterocycles. The molecule has 14 heteroatoms. The van der Waals surface area contributed by atoms with Gasteiger partial charge in [-0.1, -0.05) is 5.21 Å². The van der Waals surface area contributed by atoms with Crippen LogP contribution in [0.15, 0.2) is 42.2 Å². The minimum absolute atomic E-state index is 0.0631. The van der Waals surface area contributed by atoms with Crippen LogP contribution in [-0.4, -0.2) is 51.9 Å². The maximum absolute atomic E-state index is 12.2. The molecular weight excluding hydrogens is 478 g/mol. The summed E-state index contributed by atoms with van der Waals surface area (Å²) in [5.74, 6) is 0. The number of hydrogen-bond donors (Lipinski definition) is 3. The molecule has 1 aliphatic rings. The second-order valence-electron chi connectivity index (χ2n) is 7.15. The maximum atomic E-state index is 12.2. The number of hydrogen-bond acceptors (Lipinski definition) is 8. The number of ether oxygens (including phenoxy) is 1. The highest BCUT2D eigenvalue weighted by atomic mass is 79.9. The van der Waals surface area contributed by atoms with Crippen LogP contribution in [0.5, 0.6) is 0 Å². The molecule has 164 valence electrons. The summed E-state index contributed by atoms with van der Waals surface area (Å²) in [7, 11) is 0. The summed E-state index contributed by atoms with van der Waals surface area (Å²) >= 11 is 3.07. The van der Waals surface area contributed by atoms with Gasteiger partial charge in [0.1, 0.15) is 18.0 Å². The van der Waals surface area contributed by atoms with E-state index in [1.165, 1.54) is 26.2 Å². The molecule has 1 aliphatic heterocycles. The SMILES string of the molecule is Cc1cn(C2CC(n3cc(Cn4cc(Br)c(=O)[nH]c4=O)nn3)C(CO)O2)c(=O)[nH]c1=O. The second-order valence-corrected chi connectivity index (χ2v) is 8.00. The fourth-order valence-electron chi connectivity index (χ4n) is 3.45. The molecule has 3 unspecified atom stereocenters. The highest BCUT2D eigenvalue weighted by Crippen LogP contribution is 2.35. The van der Waals surface area contributed by atoms with Crippen molar-refractivity contribution in [3.05, 3.63) is 76.0 Å². The molecule has 4 rings (SSSR count). The van der Waals surface area contributed by atoms with E-state index in [2.05, 4.69) is 36.2 Å². The molecule has 1 fully saturated rings. The van der Waals surface area contributed by atoms with Gasteiger partial charge < -0.3 is 9.84 Å². The van der Waals surface area contributed by atoms with E-state index in [1.54, 1.807) is 13.1 Å². The third kappa shape index (κ3) is 4.08. The molecule has 0 aromatic carbocycles. The Labute approximate surface area is 181 Å². The molecule has 0 radical (unpaired) electrons. The Balaban J connectivity index is 1.58. The molecule has 13 nitrogen and oxygen atoms in total. The van der Waals surface area contributed by atoms with E-state index in [0.29, 0.717) is 17.7 Å². The lowest BCUT2D eigenvalue weighted by molar-refractivity contribution is -0.0323. The highest BCUT2D eigenvalue weighted by molar-refractivity contribution is 9.10. The minimum atomic E-state index is -0.712. The van der Waals surface area contributed by atoms with Gasteiger partial charge in [-0.25, -0.2) is 14.3 Å². The van der Waals surface area contributed by atoms with Crippen LogP contribution in [0.1, 0.15) is 29.9 Å². The summed E-state index contributed by atoms with van der Waals surface area (Å²) < 4.78 is 10.1. The van der Waals surface area contributed by atoms with Gasteiger partial charge in [0, 0.05) is 24.4 Å². The van der Waals surface area contributed by atoms with Crippen LogP contribution < -0.4 is 22.5 Å². The number of halogens is 1. The first-order valence-electron chi connectivity index (χ1n) is 9.25. The molecule has 1 saturated heterocycles. The molecule has 31 heavy (non-hydrogen) atoms. The summed E-state index contributed by atoms with van der Waals surface area (Å²) in [4.78, 5) is 51.6. The van der Waals surface area contributed by atoms with Gasteiger partial charge >= 0.3 is 11.4 Å². The van der Waals surface area contributed by atoms with Gasteiger partial charge in [0.15, 0.2) is 0 Å². The zero-order valence-electron chi connectivity index (χ0n) is 16.2. The van der Waals surface area contributed by atoms with Gasteiger partial charge in [-0.15, -0.1) is 5.10 Å². The lowest BCUT2D eigenvalue weighted by Crippen LogP contribution is -2.33. The molecule has 0 bridgehead atoms. The fourth-order valence-corrected chi connectivity index (χ4v) is 3.80. The van der Waals surface area contributed by atoms with Gasteiger partial charge in [0.05, 0.1) is 29.9 Å². The van der Waals surface area contributed by atoms with E-state index in [9.17, 15) is 24.3 Å². The molecule has 0 aliphatic carbocycles. The molecule has 3 aromatic rings. The lowest BCUT2D eigenvalue weighted by atomic mass is 10.1. The normalized spacial score (nSPS) is 20.9. The lowest BCUT2D eigenvalue weighted by Gasteiger charge is -2.15. The van der Waals surface area contributed by atoms with E-state index in [-0.39, 0.29) is 17.6 Å². The number of nitrogens with zero attached hydrogens (tertiary/aromatic N) is 5. The minimum Gasteiger partial charge on any atom is -0.394 e. The van der Waals surface area contributed by atoms with Crippen LogP contribution in [0.3, 0.4) is 0 Å². The van der Waals surface area contributed by atoms with Crippen molar-refractivity contribution in [2.24, 2.45) is 0 Å². The first-order chi connectivity index (χ1) is 14.8. The number of H-pyrrole nitrogens is 2. The van der Waals surface area contributed by atoms with E-state index >= 15 is 0 Å². The van der Waals surface area contributed by atoms with Crippen molar-refractivity contribution < 1.29 is 9.84 Å². The standard InChI is InChI=1S/C17H18BrN7O6/c1-8-3-24(17(30)19-14(8)27)13-2-11(12(7-26)31-13)25-5-9(21-22-25)4-23-6-10(18)15(28)20-16(23)29/h3,5-6,11-13,26H,2,4,7H2,1H3,(H,19,27,30)(H,20,28,29). The van der Waals surface area contributed by atoms with E-state index in [1.807, 2.05) is 0 Å². The van der Waals surface area contributed by atoms with Crippen molar-refractivity contribution in [1.82, 2.24) is 34.1 Å². The van der Waals surface area contributed by atoms with Gasteiger partial charge in [-0.05, 0) is 22.9 Å². The molecule has 3 atom stereocenters. The van der Waals surface area contributed by atoms with Crippen LogP contribution in [0.4, 0.5) is 0 Å². The van der Waals surface area contributed by atoms with Crippen molar-refractivity contribution in [3.8, 4) is 0 Å². The Morgan fingerprint density at radius 3 is 2.65 bits per heavy atom. The van der Waals surface area contributed by atoms with Crippen LogP contribution in [-0.2, 0) is 11.3 Å². The van der Waals surface area contributed by atoms with Crippen LogP contribution in [0.2, 0.25) is 0 Å². The van der Waals surface area contributed by atoms with E-state index < -0.39 is 40.9 Å². The maximum Gasteiger partial charge on any atom is 0.330 e. The van der Waals surface area contributed by atoms with Gasteiger partial charge in [0.2, 0.25) is 0 Å². The average molecular weight is 496 g/mol. The molecule has 0 saturated carbocycles. The van der Waals surface area contributed by atoms with Gasteiger partial charge in [-0.2, -0.15) is 0 Å². The zero-order chi connectivity index (χ0) is 22.3. The highest BCUT2D eigenvalue weighted by Gasteiger charge is 2.38. The number of nitrogens with one attached hydrogen (secondary N) is 2. The Bertz CT molecular complexity index is 1350. The Kier molecular flexibility index (Phi) is 5.60. The smallest absolute Gasteiger partial charge is 0.330 e. The molecule has 3 aromatic heterocycles. The number of aromatic nitrogens is 7. The Hall–Kier alpha value is -3.10. The van der Waals surface area contributed by atoms with Crippen molar-refractivity contribution in [1.29, 1.82) is 0 Å². The monoisotopic (exact) mass is 495 g/mol. The zero-order valence-corrected chi connectivity index (χ0v) is 17.8. The van der Waals surface area contributed by atoms with E-state index in [0.717, 1.165) is 0 Å². The van der Waals surface area contributed by atoms with Crippen molar-refractivity contribution >= 4 is 15.9 Å². The third-order valence-electron chi connectivity index (χ3n) is 5.04. The second kappa shape index (κ2) is 8.20. The van der Waals surface area contributed by atoms with Crippen LogP contribution in [0, 0.1) is 6.92 Å². The average Bonchev–Trinajstić information content (AvgIpc) is 3.35. The summed E-state index contributed by atoms with van der Waals surface area (Å²) in [5.41, 5.74) is -1.41. The fraction of sp³-hybridized carbons (Fsp3) is 0.412. The van der Waals surface area contributed by atoms with Crippen molar-refractivity contribution in [2.45, 2.75) is 38.3 Å². The van der Waals surface area contributed by atoms with Crippen molar-refractivity contribution in [3.63, 3.8) is 0 Å². The quantitative estimate of drug-likeness (QED) is 0.388. The predicted molar refractivity (Wildman–Crippen MR) is 109 cm³/mol. The number of aliphatic hydroxyl groups excluding tert-OH is 1. The first-order valence-corrected chi connectivity index (χ1v) is 10.0. The first kappa shape index (κ1) is 21.1. The summed E-state index contributed by atoms with van der Waals surface area (Å²) in [6.45, 7) is 1.32. The summed E-state index contributed by atoms with van der Waals surface area (Å²) in [6, 6.07) is -0.436. The van der Waals surface area contributed by atoms with Crippen molar-refractivity contribution in [2.75, 3.05) is 6.61 Å². The number of aliphatic hydroxyl groups is 1. The van der Waals surface area contributed by atoms with Crippen LogP contribution >= 0.6 is 15.9 Å². The number of rotatable bonds is 5. The van der Waals surface area contributed by atoms with E-state index in [4.69, 9.17) is 4.74 Å². The number of aryl methyl sites for hydroxylation is 1.